The number of carbonyl (C=O) groups excluding carboxylic acids is 4. The molecule has 8 nitrogen and oxygen atoms in total. The van der Waals surface area contributed by atoms with Gasteiger partial charge in [0.2, 0.25) is 5.91 Å². The van der Waals surface area contributed by atoms with Crippen LogP contribution in [0.3, 0.4) is 0 Å². The molecule has 3 rings (SSSR count). The van der Waals surface area contributed by atoms with Gasteiger partial charge >= 0.3 is 6.03 Å². The number of hydrogen-bond donors (Lipinski definition) is 2. The van der Waals surface area contributed by atoms with Crippen LogP contribution in [0, 0.1) is 11.3 Å². The van der Waals surface area contributed by atoms with Gasteiger partial charge in [0.05, 0.1) is 0 Å². The predicted octanol–water partition coefficient (Wildman–Crippen LogP) is 2.14. The van der Waals surface area contributed by atoms with Gasteiger partial charge in [-0.15, -0.1) is 0 Å². The fraction of sp³-hybridized carbons (Fsp3) is 0.565. The van der Waals surface area contributed by atoms with Gasteiger partial charge in [-0.3, -0.25) is 19.3 Å². The van der Waals surface area contributed by atoms with Crippen molar-refractivity contribution < 1.29 is 19.2 Å². The first-order valence-corrected chi connectivity index (χ1v) is 10.6. The maximum absolute atomic E-state index is 13.1. The molecule has 2 N–H and O–H groups in total. The Morgan fingerprint density at radius 1 is 1.16 bits per heavy atom. The quantitative estimate of drug-likeness (QED) is 0.702. The first-order valence-electron chi connectivity index (χ1n) is 10.6. The molecule has 2 unspecified atom stereocenters. The summed E-state index contributed by atoms with van der Waals surface area (Å²) in [5.74, 6) is -0.497. The number of hydrogen-bond acceptors (Lipinski definition) is 4. The van der Waals surface area contributed by atoms with E-state index < -0.39 is 17.5 Å². The molecule has 2 aliphatic rings. The summed E-state index contributed by atoms with van der Waals surface area (Å²) in [5, 5.41) is 5.63. The standard InChI is InChI=1S/C23H32N4O4/c1-15-10-22(2,3)14-23(11-15)20(30)27(21(31)25-23)13-18(28)24-12-16-6-8-17(9-7-16)19(29)26(4)5/h6-9,15H,10-14H2,1-5H3,(H,24,28)(H,25,31). The third-order valence-corrected chi connectivity index (χ3v) is 6.02. The lowest BCUT2D eigenvalue weighted by atomic mass is 9.64. The minimum absolute atomic E-state index is 0.0565. The summed E-state index contributed by atoms with van der Waals surface area (Å²) in [6.45, 7) is 6.24. The Kier molecular flexibility index (Phi) is 6.11. The largest absolute Gasteiger partial charge is 0.350 e. The van der Waals surface area contributed by atoms with Crippen LogP contribution >= 0.6 is 0 Å². The van der Waals surface area contributed by atoms with Gasteiger partial charge in [0, 0.05) is 26.2 Å². The van der Waals surface area contributed by atoms with E-state index in [9.17, 15) is 19.2 Å². The Balaban J connectivity index is 1.59. The van der Waals surface area contributed by atoms with Gasteiger partial charge in [-0.05, 0) is 48.3 Å². The van der Waals surface area contributed by atoms with Crippen LogP contribution in [0.1, 0.15) is 56.0 Å². The fourth-order valence-corrected chi connectivity index (χ4v) is 5.07. The Morgan fingerprint density at radius 2 is 1.81 bits per heavy atom. The van der Waals surface area contributed by atoms with Gasteiger partial charge < -0.3 is 15.5 Å². The van der Waals surface area contributed by atoms with Crippen LogP contribution in [0.25, 0.3) is 0 Å². The summed E-state index contributed by atoms with van der Waals surface area (Å²) in [7, 11) is 3.37. The average Bonchev–Trinajstić information content (AvgIpc) is 2.87. The van der Waals surface area contributed by atoms with Crippen LogP contribution < -0.4 is 10.6 Å². The monoisotopic (exact) mass is 428 g/mol. The molecular formula is C23H32N4O4. The van der Waals surface area contributed by atoms with Crippen molar-refractivity contribution in [3.63, 3.8) is 0 Å². The SMILES string of the molecule is CC1CC(C)(C)CC2(C1)NC(=O)N(CC(=O)NCc1ccc(C(=O)N(C)C)cc1)C2=O. The summed E-state index contributed by atoms with van der Waals surface area (Å²) in [6.07, 6.45) is 2.17. The molecule has 5 amide bonds. The number of urea groups is 1. The molecule has 1 spiro atoms. The van der Waals surface area contributed by atoms with Crippen LogP contribution in [0.4, 0.5) is 4.79 Å². The molecule has 1 aromatic carbocycles. The zero-order chi connectivity index (χ0) is 23.0. The van der Waals surface area contributed by atoms with Crippen molar-refractivity contribution in [2.24, 2.45) is 11.3 Å². The molecule has 8 heteroatoms. The molecule has 168 valence electrons. The molecule has 1 saturated heterocycles. The van der Waals surface area contributed by atoms with Crippen molar-refractivity contribution in [3.05, 3.63) is 35.4 Å². The smallest absolute Gasteiger partial charge is 0.325 e. The van der Waals surface area contributed by atoms with E-state index in [2.05, 4.69) is 31.4 Å². The first-order chi connectivity index (χ1) is 14.4. The van der Waals surface area contributed by atoms with E-state index in [4.69, 9.17) is 0 Å². The Labute approximate surface area is 183 Å². The number of carbonyl (C=O) groups is 4. The van der Waals surface area contributed by atoms with E-state index in [1.165, 1.54) is 4.90 Å². The summed E-state index contributed by atoms with van der Waals surface area (Å²) in [4.78, 5) is 52.6. The van der Waals surface area contributed by atoms with Crippen LogP contribution in [0.15, 0.2) is 24.3 Å². The van der Waals surface area contributed by atoms with Crippen molar-refractivity contribution in [2.45, 2.75) is 52.1 Å². The Bertz CT molecular complexity index is 893. The number of rotatable bonds is 5. The highest BCUT2D eigenvalue weighted by molar-refractivity contribution is 6.09. The summed E-state index contributed by atoms with van der Waals surface area (Å²) in [6, 6.07) is 6.45. The van der Waals surface area contributed by atoms with E-state index in [-0.39, 0.29) is 30.3 Å². The minimum atomic E-state index is -0.909. The van der Waals surface area contributed by atoms with Gasteiger partial charge in [0.1, 0.15) is 12.1 Å². The van der Waals surface area contributed by atoms with E-state index in [1.807, 2.05) is 0 Å². The molecule has 1 heterocycles. The van der Waals surface area contributed by atoms with E-state index in [0.717, 1.165) is 16.9 Å². The molecule has 2 atom stereocenters. The minimum Gasteiger partial charge on any atom is -0.350 e. The topological polar surface area (TPSA) is 98.8 Å². The van der Waals surface area contributed by atoms with Crippen LogP contribution in [-0.4, -0.2) is 59.7 Å². The zero-order valence-corrected chi connectivity index (χ0v) is 18.9. The first kappa shape index (κ1) is 22.8. The van der Waals surface area contributed by atoms with Crippen molar-refractivity contribution in [1.29, 1.82) is 0 Å². The summed E-state index contributed by atoms with van der Waals surface area (Å²) >= 11 is 0. The van der Waals surface area contributed by atoms with Crippen LogP contribution in [0.5, 0.6) is 0 Å². The average molecular weight is 429 g/mol. The summed E-state index contributed by atoms with van der Waals surface area (Å²) < 4.78 is 0. The molecule has 0 aromatic heterocycles. The van der Waals surface area contributed by atoms with Gasteiger partial charge in [-0.25, -0.2) is 4.79 Å². The zero-order valence-electron chi connectivity index (χ0n) is 18.9. The van der Waals surface area contributed by atoms with Gasteiger partial charge in [-0.1, -0.05) is 32.9 Å². The highest BCUT2D eigenvalue weighted by atomic mass is 16.2. The van der Waals surface area contributed by atoms with Gasteiger partial charge in [-0.2, -0.15) is 0 Å². The highest BCUT2D eigenvalue weighted by Gasteiger charge is 2.56. The molecule has 1 aliphatic heterocycles. The molecule has 1 aromatic rings. The maximum Gasteiger partial charge on any atom is 0.325 e. The third-order valence-electron chi connectivity index (χ3n) is 6.02. The lowest BCUT2D eigenvalue weighted by Gasteiger charge is -2.43. The highest BCUT2D eigenvalue weighted by Crippen LogP contribution is 2.46. The Hall–Kier alpha value is -2.90. The third kappa shape index (κ3) is 4.89. The molecular weight excluding hydrogens is 396 g/mol. The number of nitrogens with one attached hydrogen (secondary N) is 2. The number of amides is 5. The number of nitrogens with zero attached hydrogens (tertiary/aromatic N) is 2. The van der Waals surface area contributed by atoms with Crippen molar-refractivity contribution in [1.82, 2.24) is 20.4 Å². The normalized spacial score (nSPS) is 24.8. The lowest BCUT2D eigenvalue weighted by Crippen LogP contribution is -2.54. The van der Waals surface area contributed by atoms with Crippen LogP contribution in [0.2, 0.25) is 0 Å². The van der Waals surface area contributed by atoms with Gasteiger partial charge in [0.25, 0.3) is 11.8 Å². The molecule has 1 saturated carbocycles. The van der Waals surface area contributed by atoms with Crippen molar-refractivity contribution in [2.75, 3.05) is 20.6 Å². The van der Waals surface area contributed by atoms with Crippen LogP contribution in [-0.2, 0) is 16.1 Å². The molecule has 1 aliphatic carbocycles. The van der Waals surface area contributed by atoms with E-state index >= 15 is 0 Å². The van der Waals surface area contributed by atoms with Crippen molar-refractivity contribution >= 4 is 23.8 Å². The maximum atomic E-state index is 13.1. The second-order valence-electron chi connectivity index (χ2n) is 9.93. The molecule has 2 fully saturated rings. The fourth-order valence-electron chi connectivity index (χ4n) is 5.07. The van der Waals surface area contributed by atoms with E-state index in [0.29, 0.717) is 24.3 Å². The molecule has 31 heavy (non-hydrogen) atoms. The second-order valence-corrected chi connectivity index (χ2v) is 9.93. The molecule has 0 bridgehead atoms. The second kappa shape index (κ2) is 8.32. The number of imide groups is 1. The number of benzene rings is 1. The van der Waals surface area contributed by atoms with Crippen molar-refractivity contribution in [3.8, 4) is 0 Å². The Morgan fingerprint density at radius 3 is 2.39 bits per heavy atom. The van der Waals surface area contributed by atoms with Gasteiger partial charge in [0.15, 0.2) is 0 Å². The summed E-state index contributed by atoms with van der Waals surface area (Å²) in [5.41, 5.74) is 0.418. The lowest BCUT2D eigenvalue weighted by molar-refractivity contribution is -0.137. The molecule has 0 radical (unpaired) electrons. The predicted molar refractivity (Wildman–Crippen MR) is 116 cm³/mol. The van der Waals surface area contributed by atoms with E-state index in [1.54, 1.807) is 38.4 Å².